The normalized spacial score (nSPS) is 14.1. The SMILES string of the molecule is CC.CC(C)(C)C=O.CCOc1ccc(-c2ccc(F)cc2F)cc1C(=O)O.CN.C[N+]1=C(/C=C/C=C2\N(CCCCCC(=O)NCCOCCOCCC=O)c3ccc(SO)cc3C2(C)C)C(C)(C)c2cc(SO)ccc21. The number of carboxylic acids is 1. The maximum Gasteiger partial charge on any atom is 0.339 e. The number of nitrogens with zero attached hydrogens (tertiary/aromatic N) is 2. The smallest absolute Gasteiger partial charge is 0.339 e. The van der Waals surface area contributed by atoms with Gasteiger partial charge in [-0.05, 0) is 112 Å². The summed E-state index contributed by atoms with van der Waals surface area (Å²) in [5.74, 6) is -2.36. The van der Waals surface area contributed by atoms with Crippen molar-refractivity contribution in [2.75, 3.05) is 65.1 Å². The Kier molecular flexibility index (Phi) is 30.1. The number of halogens is 2. The molecule has 4 aromatic rings. The summed E-state index contributed by atoms with van der Waals surface area (Å²) in [5.41, 5.74) is 11.3. The summed E-state index contributed by atoms with van der Waals surface area (Å²) >= 11 is 1.54. The quantitative estimate of drug-likeness (QED) is 0.0203. The lowest BCUT2D eigenvalue weighted by Gasteiger charge is -2.27. The van der Waals surface area contributed by atoms with Crippen molar-refractivity contribution in [3.8, 4) is 16.9 Å². The van der Waals surface area contributed by atoms with Gasteiger partial charge in [-0.25, -0.2) is 13.6 Å². The molecule has 6 rings (SSSR count). The zero-order chi connectivity index (χ0) is 58.6. The molecule has 4 aromatic carbocycles. The van der Waals surface area contributed by atoms with E-state index in [1.165, 1.54) is 53.8 Å². The van der Waals surface area contributed by atoms with E-state index in [9.17, 15) is 37.1 Å². The zero-order valence-corrected chi connectivity index (χ0v) is 49.2. The molecule has 0 saturated carbocycles. The second-order valence-corrected chi connectivity index (χ2v) is 21.0. The van der Waals surface area contributed by atoms with Crippen molar-refractivity contribution in [2.45, 2.75) is 122 Å². The van der Waals surface area contributed by atoms with Gasteiger partial charge in [0.2, 0.25) is 11.6 Å². The van der Waals surface area contributed by atoms with Crippen molar-refractivity contribution < 1.29 is 61.0 Å². The summed E-state index contributed by atoms with van der Waals surface area (Å²) in [6, 6.07) is 19.7. The number of carbonyl (C=O) groups excluding carboxylic acids is 3. The molecular formula is C60H83F2N4O10S2+. The maximum absolute atomic E-state index is 13.7. The minimum atomic E-state index is -1.17. The molecule has 0 aromatic heterocycles. The molecule has 0 unspecified atom stereocenters. The fraction of sp³-hybridized carbons (Fsp3) is 0.450. The van der Waals surface area contributed by atoms with Crippen LogP contribution in [0.4, 0.5) is 20.2 Å². The number of aromatic carboxylic acids is 1. The first-order valence-electron chi connectivity index (χ1n) is 26.2. The number of nitrogens with two attached hydrogens (primary N) is 1. The summed E-state index contributed by atoms with van der Waals surface area (Å²) in [4.78, 5) is 47.7. The van der Waals surface area contributed by atoms with Gasteiger partial charge < -0.3 is 54.0 Å². The fourth-order valence-corrected chi connectivity index (χ4v) is 9.06. The van der Waals surface area contributed by atoms with Gasteiger partial charge in [0, 0.05) is 111 Å². The van der Waals surface area contributed by atoms with Gasteiger partial charge in [0.15, 0.2) is 5.71 Å². The van der Waals surface area contributed by atoms with Gasteiger partial charge in [0.05, 0.1) is 38.4 Å². The van der Waals surface area contributed by atoms with E-state index in [4.69, 9.17) is 19.3 Å². The topological polar surface area (TPSA) is 201 Å². The Labute approximate surface area is 469 Å². The second-order valence-electron chi connectivity index (χ2n) is 19.7. The van der Waals surface area contributed by atoms with Gasteiger partial charge in [0.1, 0.15) is 42.6 Å². The lowest BCUT2D eigenvalue weighted by atomic mass is 9.81. The Morgan fingerprint density at radius 3 is 2.04 bits per heavy atom. The van der Waals surface area contributed by atoms with Crippen LogP contribution in [0.5, 0.6) is 5.75 Å². The van der Waals surface area contributed by atoms with Crippen LogP contribution in [0.3, 0.4) is 0 Å². The van der Waals surface area contributed by atoms with Gasteiger partial charge in [-0.15, -0.1) is 0 Å². The molecule has 18 heteroatoms. The number of ether oxygens (including phenoxy) is 3. The maximum atomic E-state index is 13.7. The summed E-state index contributed by atoms with van der Waals surface area (Å²) < 4.78 is 64.1. The Morgan fingerprint density at radius 2 is 1.45 bits per heavy atom. The van der Waals surface area contributed by atoms with Crippen molar-refractivity contribution in [1.82, 2.24) is 5.32 Å². The number of anilines is 1. The first-order chi connectivity index (χ1) is 37.1. The van der Waals surface area contributed by atoms with E-state index in [0.717, 1.165) is 95.8 Å². The Balaban J connectivity index is 0.000000568. The highest BCUT2D eigenvalue weighted by atomic mass is 32.2. The van der Waals surface area contributed by atoms with Crippen molar-refractivity contribution in [3.63, 3.8) is 0 Å². The summed E-state index contributed by atoms with van der Waals surface area (Å²) in [5, 5.41) is 12.1. The van der Waals surface area contributed by atoms with Crippen molar-refractivity contribution >= 4 is 65.6 Å². The first-order valence-corrected chi connectivity index (χ1v) is 27.7. The molecular weight excluding hydrogens is 1040 g/mol. The second kappa shape index (κ2) is 34.3. The van der Waals surface area contributed by atoms with E-state index in [1.807, 2.05) is 46.8 Å². The summed E-state index contributed by atoms with van der Waals surface area (Å²) in [6.45, 7) is 23.6. The molecule has 2 aliphatic rings. The predicted octanol–water partition coefficient (Wildman–Crippen LogP) is 12.9. The van der Waals surface area contributed by atoms with E-state index in [0.29, 0.717) is 58.0 Å². The third kappa shape index (κ3) is 20.2. The standard InChI is InChI=1S/C37H49N3O6S2.C15H12F2O3.C5H10O.C2H6.CH5N/c1-36(2)29-25-27(47-43)14-16-31(29)39(5)33(36)11-9-12-34-37(3,4)30-26-28(48-44)15-17-32(30)40(34)19-8-6-7-13-35(42)38-18-22-46-24-23-45-21-10-20-41;1-2-20-14-6-3-9(7-12(14)15(18)19)11-5-4-10(16)8-13(11)17;1-5(2,3)4-6;2*1-2/h9,11-12,14-17,20,25-26H,6-8,10,13,18-19,21-24H2,1-5H3,(H2-,38,42,43,44);3-8H,2H2,1H3,(H,18,19);4H,1-3H3;1-2H3;2H2,1H3/p+1. The molecule has 2 heterocycles. The third-order valence-electron chi connectivity index (χ3n) is 12.3. The number of fused-ring (bicyclic) bond motifs is 2. The van der Waals surface area contributed by atoms with Crippen LogP contribution in [0.1, 0.15) is 123 Å². The predicted molar refractivity (Wildman–Crippen MR) is 312 cm³/mol. The monoisotopic (exact) mass is 1120 g/mol. The van der Waals surface area contributed by atoms with Crippen molar-refractivity contribution in [2.24, 2.45) is 11.1 Å². The zero-order valence-electron chi connectivity index (χ0n) is 47.5. The number of hydrogen-bond donors (Lipinski definition) is 5. The number of aldehydes is 2. The average Bonchev–Trinajstić information content (AvgIpc) is 3.75. The van der Waals surface area contributed by atoms with Crippen LogP contribution in [0.2, 0.25) is 0 Å². The number of carboxylic acid groups (broad SMARTS) is 1. The summed E-state index contributed by atoms with van der Waals surface area (Å²) in [7, 11) is 3.59. The molecule has 0 saturated heterocycles. The highest BCUT2D eigenvalue weighted by Gasteiger charge is 2.43. The average molecular weight is 1120 g/mol. The molecule has 2 aliphatic heterocycles. The Hall–Kier alpha value is -5.73. The number of amides is 1. The van der Waals surface area contributed by atoms with Crippen LogP contribution in [0, 0.1) is 17.0 Å². The molecule has 14 nitrogen and oxygen atoms in total. The van der Waals surface area contributed by atoms with Crippen molar-refractivity contribution in [1.29, 1.82) is 0 Å². The highest BCUT2D eigenvalue weighted by molar-refractivity contribution is 7.94. The number of allylic oxidation sites excluding steroid dienone is 4. The number of carbonyl (C=O) groups is 4. The van der Waals surface area contributed by atoms with Crippen LogP contribution < -0.4 is 20.7 Å². The summed E-state index contributed by atoms with van der Waals surface area (Å²) in [6.07, 6.45) is 11.8. The van der Waals surface area contributed by atoms with E-state index in [-0.39, 0.29) is 39.0 Å². The number of benzene rings is 4. The molecule has 0 fully saturated rings. The van der Waals surface area contributed by atoms with E-state index < -0.39 is 17.6 Å². The Bertz CT molecular complexity index is 2670. The number of nitrogens with one attached hydrogen (secondary N) is 1. The lowest BCUT2D eigenvalue weighted by molar-refractivity contribution is -0.401. The molecule has 1 amide bonds. The van der Waals surface area contributed by atoms with E-state index in [2.05, 4.69) is 97.8 Å². The molecule has 0 aliphatic carbocycles. The molecule has 428 valence electrons. The van der Waals surface area contributed by atoms with Gasteiger partial charge in [-0.3, -0.25) is 4.79 Å². The van der Waals surface area contributed by atoms with E-state index >= 15 is 0 Å². The molecule has 0 radical (unpaired) electrons. The highest BCUT2D eigenvalue weighted by Crippen LogP contribution is 2.49. The molecule has 6 N–H and O–H groups in total. The number of hydrogen-bond acceptors (Lipinski definition) is 13. The molecule has 78 heavy (non-hydrogen) atoms. The molecule has 0 atom stereocenters. The van der Waals surface area contributed by atoms with Gasteiger partial charge in [0.25, 0.3) is 0 Å². The van der Waals surface area contributed by atoms with Crippen LogP contribution in [-0.4, -0.2) is 109 Å². The third-order valence-corrected chi connectivity index (χ3v) is 13.2. The largest absolute Gasteiger partial charge is 0.493 e. The minimum absolute atomic E-state index is 0.0269. The fourth-order valence-electron chi connectivity index (χ4n) is 8.46. The molecule has 0 spiro atoms. The first kappa shape index (κ1) is 68.4. The van der Waals surface area contributed by atoms with Crippen LogP contribution in [0.25, 0.3) is 11.1 Å². The van der Waals surface area contributed by atoms with Crippen molar-refractivity contribution in [3.05, 3.63) is 125 Å². The van der Waals surface area contributed by atoms with E-state index in [1.54, 1.807) is 6.92 Å². The van der Waals surface area contributed by atoms with Gasteiger partial charge in [-0.1, -0.05) is 67.0 Å². The Morgan fingerprint density at radius 1 is 0.821 bits per heavy atom. The van der Waals surface area contributed by atoms with Crippen LogP contribution in [0.15, 0.2) is 107 Å². The lowest BCUT2D eigenvalue weighted by Crippen LogP contribution is -2.28. The van der Waals surface area contributed by atoms with Gasteiger partial charge in [-0.2, -0.15) is 4.58 Å². The van der Waals surface area contributed by atoms with Gasteiger partial charge >= 0.3 is 5.97 Å². The van der Waals surface area contributed by atoms with Crippen LogP contribution in [-0.2, 0) is 34.7 Å². The number of rotatable bonds is 23. The number of unbranched alkanes of at least 4 members (excludes halogenated alkanes) is 2. The minimum Gasteiger partial charge on any atom is -0.493 e. The molecule has 0 bridgehead atoms. The van der Waals surface area contributed by atoms with Crippen LogP contribution >= 0.6 is 24.1 Å².